The Labute approximate surface area is 191 Å². The third-order valence-electron chi connectivity index (χ3n) is 6.40. The summed E-state index contributed by atoms with van der Waals surface area (Å²) in [7, 11) is 2.07. The molecule has 33 heavy (non-hydrogen) atoms. The van der Waals surface area contributed by atoms with E-state index in [4.69, 9.17) is 10.1 Å². The summed E-state index contributed by atoms with van der Waals surface area (Å²) in [6.07, 6.45) is 5.55. The molecule has 5 rings (SSSR count). The minimum absolute atomic E-state index is 0.0643. The highest BCUT2D eigenvalue weighted by Gasteiger charge is 2.32. The van der Waals surface area contributed by atoms with Crippen molar-refractivity contribution in [2.45, 2.75) is 26.3 Å². The number of aryl methyl sites for hydroxylation is 2. The highest BCUT2D eigenvalue weighted by Crippen LogP contribution is 2.35. The third-order valence-corrected chi connectivity index (χ3v) is 6.40. The summed E-state index contributed by atoms with van der Waals surface area (Å²) in [6, 6.07) is 16.7. The van der Waals surface area contributed by atoms with Crippen LogP contribution in [-0.4, -0.2) is 25.8 Å². The number of benzene rings is 2. The molecule has 0 radical (unpaired) electrons. The van der Waals surface area contributed by atoms with E-state index in [1.54, 1.807) is 24.4 Å². The number of nitriles is 1. The lowest BCUT2D eigenvalue weighted by molar-refractivity contribution is 0.0513. The van der Waals surface area contributed by atoms with Gasteiger partial charge >= 0.3 is 5.97 Å². The van der Waals surface area contributed by atoms with E-state index in [1.165, 1.54) is 11.8 Å². The minimum atomic E-state index is -0.579. The second-order valence-electron chi connectivity index (χ2n) is 8.31. The largest absolute Gasteiger partial charge is 0.365 e. The first-order valence-electron chi connectivity index (χ1n) is 10.9. The number of oxime groups is 1. The number of carbonyl (C=O) groups is 1. The zero-order chi connectivity index (χ0) is 22.9. The van der Waals surface area contributed by atoms with Gasteiger partial charge in [0.1, 0.15) is 5.82 Å². The van der Waals surface area contributed by atoms with Crippen LogP contribution in [0.25, 0.3) is 10.9 Å². The monoisotopic (exact) mass is 437 g/mol. The summed E-state index contributed by atoms with van der Waals surface area (Å²) in [4.78, 5) is 22.6. The van der Waals surface area contributed by atoms with Gasteiger partial charge in [0.05, 0.1) is 22.9 Å². The molecule has 164 valence electrons. The SMILES string of the molecule is Cc1nccn1CC1CCc2c(c3ccccc3n2C)C1=NOC(=O)c1cccc(C#N)c1. The average molecular weight is 438 g/mol. The fraction of sp³-hybridized carbons (Fsp3) is 0.231. The molecule has 0 saturated carbocycles. The van der Waals surface area contributed by atoms with Gasteiger partial charge in [-0.15, -0.1) is 0 Å². The average Bonchev–Trinajstić information content (AvgIpc) is 3.38. The van der Waals surface area contributed by atoms with Gasteiger partial charge in [-0.25, -0.2) is 9.78 Å². The Bertz CT molecular complexity index is 1440. The van der Waals surface area contributed by atoms with Crippen LogP contribution in [0.15, 0.2) is 66.1 Å². The maximum absolute atomic E-state index is 12.8. The van der Waals surface area contributed by atoms with E-state index in [9.17, 15) is 4.79 Å². The molecule has 7 heteroatoms. The maximum atomic E-state index is 12.8. The Morgan fingerprint density at radius 1 is 1.27 bits per heavy atom. The van der Waals surface area contributed by atoms with Crippen LogP contribution >= 0.6 is 0 Å². The number of imidazole rings is 1. The van der Waals surface area contributed by atoms with Crippen molar-refractivity contribution < 1.29 is 9.63 Å². The number of hydrogen-bond acceptors (Lipinski definition) is 5. The second-order valence-corrected chi connectivity index (χ2v) is 8.31. The minimum Gasteiger partial charge on any atom is -0.347 e. The standard InChI is InChI=1S/C26H23N5O2/c1-17-28-12-13-31(17)16-20-10-11-23-24(21-8-3-4-9-22(21)30(23)2)25(20)29-33-26(32)19-7-5-6-18(14-19)15-27/h3-9,12-14,20H,10-11,16H2,1-2H3. The summed E-state index contributed by atoms with van der Waals surface area (Å²) in [5.41, 5.74) is 4.83. The number of aromatic nitrogens is 3. The molecular formula is C26H23N5O2. The van der Waals surface area contributed by atoms with Gasteiger partial charge in [0.15, 0.2) is 0 Å². The molecule has 1 aliphatic rings. The van der Waals surface area contributed by atoms with Crippen molar-refractivity contribution in [1.29, 1.82) is 5.26 Å². The summed E-state index contributed by atoms with van der Waals surface area (Å²) in [5, 5.41) is 14.7. The predicted molar refractivity (Wildman–Crippen MR) is 125 cm³/mol. The Morgan fingerprint density at radius 3 is 2.91 bits per heavy atom. The van der Waals surface area contributed by atoms with Crippen LogP contribution in [0.5, 0.6) is 0 Å². The smallest absolute Gasteiger partial charge is 0.347 e. The van der Waals surface area contributed by atoms with Crippen molar-refractivity contribution in [3.63, 3.8) is 0 Å². The lowest BCUT2D eigenvalue weighted by atomic mass is 9.84. The molecule has 0 spiro atoms. The molecular weight excluding hydrogens is 414 g/mol. The lowest BCUT2D eigenvalue weighted by Gasteiger charge is -2.25. The van der Waals surface area contributed by atoms with Gasteiger partial charge < -0.3 is 14.0 Å². The molecule has 4 aromatic rings. The topological polar surface area (TPSA) is 85.2 Å². The summed E-state index contributed by atoms with van der Waals surface area (Å²) in [5.74, 6) is 0.419. The number of hydrogen-bond donors (Lipinski definition) is 0. The molecule has 2 heterocycles. The highest BCUT2D eigenvalue weighted by molar-refractivity contribution is 6.14. The van der Waals surface area contributed by atoms with E-state index in [0.29, 0.717) is 17.7 Å². The van der Waals surface area contributed by atoms with Crippen LogP contribution in [0, 0.1) is 24.2 Å². The van der Waals surface area contributed by atoms with E-state index < -0.39 is 5.97 Å². The third kappa shape index (κ3) is 3.70. The van der Waals surface area contributed by atoms with Gasteiger partial charge in [-0.1, -0.05) is 29.4 Å². The fourth-order valence-electron chi connectivity index (χ4n) is 4.67. The highest BCUT2D eigenvalue weighted by atomic mass is 16.7. The van der Waals surface area contributed by atoms with Crippen molar-refractivity contribution in [2.75, 3.05) is 0 Å². The van der Waals surface area contributed by atoms with Gasteiger partial charge in [0, 0.05) is 54.1 Å². The second kappa shape index (κ2) is 8.40. The molecule has 0 fully saturated rings. The number of nitrogens with zero attached hydrogens (tertiary/aromatic N) is 5. The normalized spacial score (nSPS) is 16.5. The molecule has 7 nitrogen and oxygen atoms in total. The first-order chi connectivity index (χ1) is 16.1. The van der Waals surface area contributed by atoms with Crippen LogP contribution in [-0.2, 0) is 24.9 Å². The van der Waals surface area contributed by atoms with Gasteiger partial charge in [-0.05, 0) is 44.0 Å². The predicted octanol–water partition coefficient (Wildman–Crippen LogP) is 4.38. The molecule has 0 saturated heterocycles. The molecule has 0 aliphatic heterocycles. The van der Waals surface area contributed by atoms with E-state index in [0.717, 1.165) is 40.8 Å². The Kier molecular flexibility index (Phi) is 5.27. The molecule has 1 atom stereocenters. The summed E-state index contributed by atoms with van der Waals surface area (Å²) in [6.45, 7) is 2.68. The van der Waals surface area contributed by atoms with Gasteiger partial charge in [-0.2, -0.15) is 5.26 Å². The van der Waals surface area contributed by atoms with E-state index in [-0.39, 0.29) is 5.92 Å². The van der Waals surface area contributed by atoms with Crippen LogP contribution < -0.4 is 0 Å². The van der Waals surface area contributed by atoms with Crippen LogP contribution in [0.4, 0.5) is 0 Å². The van der Waals surface area contributed by atoms with Crippen molar-refractivity contribution in [3.8, 4) is 6.07 Å². The molecule has 0 N–H and O–H groups in total. The van der Waals surface area contributed by atoms with Crippen LogP contribution in [0.1, 0.15) is 39.4 Å². The van der Waals surface area contributed by atoms with Crippen molar-refractivity contribution in [1.82, 2.24) is 14.1 Å². The zero-order valence-electron chi connectivity index (χ0n) is 18.5. The number of para-hydroxylation sites is 1. The van der Waals surface area contributed by atoms with Gasteiger partial charge in [0.25, 0.3) is 0 Å². The first-order valence-corrected chi connectivity index (χ1v) is 10.9. The van der Waals surface area contributed by atoms with E-state index >= 15 is 0 Å². The zero-order valence-corrected chi connectivity index (χ0v) is 18.5. The Hall–Kier alpha value is -4.18. The van der Waals surface area contributed by atoms with E-state index in [1.807, 2.05) is 31.3 Å². The Balaban J connectivity index is 1.57. The van der Waals surface area contributed by atoms with Crippen LogP contribution in [0.2, 0.25) is 0 Å². The molecule has 1 unspecified atom stereocenters. The quantitative estimate of drug-likeness (QED) is 0.350. The fourth-order valence-corrected chi connectivity index (χ4v) is 4.67. The van der Waals surface area contributed by atoms with Crippen LogP contribution in [0.3, 0.4) is 0 Å². The molecule has 1 aliphatic carbocycles. The number of fused-ring (bicyclic) bond motifs is 3. The molecule has 2 aromatic carbocycles. The summed E-state index contributed by atoms with van der Waals surface area (Å²) >= 11 is 0. The Morgan fingerprint density at radius 2 is 2.12 bits per heavy atom. The summed E-state index contributed by atoms with van der Waals surface area (Å²) < 4.78 is 4.31. The first kappa shape index (κ1) is 20.7. The number of rotatable bonds is 4. The molecule has 0 amide bonds. The van der Waals surface area contributed by atoms with Crippen molar-refractivity contribution >= 4 is 22.6 Å². The van der Waals surface area contributed by atoms with Gasteiger partial charge in [0.2, 0.25) is 0 Å². The van der Waals surface area contributed by atoms with Crippen molar-refractivity contribution in [3.05, 3.63) is 89.1 Å². The lowest BCUT2D eigenvalue weighted by Crippen LogP contribution is -2.28. The van der Waals surface area contributed by atoms with Crippen molar-refractivity contribution in [2.24, 2.45) is 18.1 Å². The van der Waals surface area contributed by atoms with E-state index in [2.05, 4.69) is 38.5 Å². The van der Waals surface area contributed by atoms with Gasteiger partial charge in [-0.3, -0.25) is 0 Å². The number of carbonyl (C=O) groups excluding carboxylic acids is 1. The molecule has 0 bridgehead atoms. The molecule has 2 aromatic heterocycles. The maximum Gasteiger partial charge on any atom is 0.365 e.